The minimum absolute atomic E-state index is 0.0146. The Balaban J connectivity index is 0.898. The Morgan fingerprint density at radius 1 is 0.950 bits per heavy atom. The molecule has 0 aromatic rings. The van der Waals surface area contributed by atoms with Gasteiger partial charge in [-0.3, -0.25) is 4.79 Å². The lowest BCUT2D eigenvalue weighted by Crippen LogP contribution is -2.66. The summed E-state index contributed by atoms with van der Waals surface area (Å²) in [5, 5.41) is 27.1. The second-order valence-corrected chi connectivity index (χ2v) is 21.6. The Kier molecular flexibility index (Phi) is 13.0. The number of nitrogens with one attached hydrogen (secondary N) is 1. The largest absolute Gasteiger partial charge is 0.458 e. The van der Waals surface area contributed by atoms with Crippen molar-refractivity contribution in [2.75, 3.05) is 14.2 Å². The number of rotatable bonds is 11. The molecule has 3 saturated carbocycles. The molecule has 8 rings (SSSR count). The van der Waals surface area contributed by atoms with E-state index in [9.17, 15) is 19.8 Å². The molecule has 338 valence electrons. The van der Waals surface area contributed by atoms with Crippen LogP contribution in [0, 0.1) is 34.5 Å². The molecule has 0 radical (unpaired) electrons. The third kappa shape index (κ3) is 7.72. The maximum Gasteiger partial charge on any atom is 0.333 e. The van der Waals surface area contributed by atoms with Gasteiger partial charge in [-0.05, 0) is 110 Å². The van der Waals surface area contributed by atoms with Crippen LogP contribution in [0.2, 0.25) is 0 Å². The van der Waals surface area contributed by atoms with Crippen LogP contribution in [0.25, 0.3) is 0 Å². The Hall–Kier alpha value is -1.39. The number of ether oxygens (including phenoxy) is 7. The third-order valence-electron chi connectivity index (χ3n) is 17.3. The standard InChI is InChI=1S/C47H73NO11S/c1-11-23(2)43(51)59-37-21-34-33(47(52)17-15-32(24(3)49)46(37,47)8)13-12-28-18-29(14-16-45(28,34)7)58-38-22-35(53-9)31(25(4)56-38)19-30-20-36(54-10)42(27(6)55-30)60-44-41(50)40-39(48-40)26(5)57-44/h11-12,25-27,29-42,44,48,50,52H,13-22H2,1-10H3/b23-11+. The molecule has 12 nitrogen and oxygen atoms in total. The lowest BCUT2D eigenvalue weighted by atomic mass is 9.45. The number of methoxy groups -OCH3 is 2. The Morgan fingerprint density at radius 3 is 2.40 bits per heavy atom. The van der Waals surface area contributed by atoms with Gasteiger partial charge in [-0.2, -0.15) is 0 Å². The number of allylic oxidation sites excluding steroid dienone is 2. The summed E-state index contributed by atoms with van der Waals surface area (Å²) in [6, 6.07) is 0.335. The number of carbonyl (C=O) groups excluding carboxylic acids is 2. The Bertz CT molecular complexity index is 1680. The van der Waals surface area contributed by atoms with Crippen molar-refractivity contribution in [1.29, 1.82) is 0 Å². The molecule has 7 fully saturated rings. The van der Waals surface area contributed by atoms with Crippen LogP contribution >= 0.6 is 11.8 Å². The number of aliphatic hydroxyl groups is 2. The van der Waals surface area contributed by atoms with Crippen molar-refractivity contribution < 1.29 is 53.0 Å². The van der Waals surface area contributed by atoms with Crippen LogP contribution in [0.5, 0.6) is 0 Å². The number of ketones is 1. The van der Waals surface area contributed by atoms with E-state index in [2.05, 4.69) is 39.1 Å². The van der Waals surface area contributed by atoms with Crippen LogP contribution in [0.1, 0.15) is 120 Å². The molecule has 4 saturated heterocycles. The van der Waals surface area contributed by atoms with E-state index in [1.807, 2.05) is 13.8 Å². The molecule has 3 N–H and O–H groups in total. The van der Waals surface area contributed by atoms with Crippen molar-refractivity contribution in [1.82, 2.24) is 5.32 Å². The van der Waals surface area contributed by atoms with Crippen molar-refractivity contribution in [3.63, 3.8) is 0 Å². The summed E-state index contributed by atoms with van der Waals surface area (Å²) in [6.45, 7) is 15.8. The highest BCUT2D eigenvalue weighted by Crippen LogP contribution is 2.68. The SMILES string of the molecule is C/C=C(\C)C(=O)OC1CC2C(CC=C3CC(OC4CC(OC)C(CC5CC(OC)C(SC6OC(C)C7NC7C6O)C(C)O5)C(C)O4)CCC32C)C2(O)CCC(C(C)=O)C12C. The lowest BCUT2D eigenvalue weighted by molar-refractivity contribution is -0.260. The van der Waals surface area contributed by atoms with Gasteiger partial charge in [0.15, 0.2) is 6.29 Å². The monoisotopic (exact) mass is 859 g/mol. The number of hydrogen-bond acceptors (Lipinski definition) is 13. The maximum atomic E-state index is 13.3. The number of hydrogen-bond donors (Lipinski definition) is 3. The highest BCUT2D eigenvalue weighted by atomic mass is 32.2. The molecular formula is C47H73NO11S. The lowest BCUT2D eigenvalue weighted by Gasteiger charge is -2.63. The number of Topliss-reactive ketones (excluding diaryl/α,β-unsaturated/α-hetero) is 1. The summed E-state index contributed by atoms with van der Waals surface area (Å²) < 4.78 is 45.0. The molecule has 21 unspecified atom stereocenters. The quantitative estimate of drug-likeness (QED) is 0.0957. The normalized spacial score (nSPS) is 51.3. The van der Waals surface area contributed by atoms with Gasteiger partial charge in [-0.1, -0.05) is 31.6 Å². The maximum absolute atomic E-state index is 13.3. The molecular weight excluding hydrogens is 787 g/mol. The van der Waals surface area contributed by atoms with Gasteiger partial charge in [-0.25, -0.2) is 4.79 Å². The minimum atomic E-state index is -1.12. The van der Waals surface area contributed by atoms with E-state index in [-0.39, 0.29) is 106 Å². The van der Waals surface area contributed by atoms with E-state index in [4.69, 9.17) is 33.2 Å². The van der Waals surface area contributed by atoms with Gasteiger partial charge in [0.05, 0.1) is 65.7 Å². The Morgan fingerprint density at radius 2 is 1.70 bits per heavy atom. The predicted molar refractivity (Wildman–Crippen MR) is 227 cm³/mol. The number of esters is 1. The second-order valence-electron chi connectivity index (χ2n) is 20.3. The molecule has 8 aliphatic rings. The van der Waals surface area contributed by atoms with Crippen molar-refractivity contribution in [2.24, 2.45) is 34.5 Å². The van der Waals surface area contributed by atoms with E-state index in [1.165, 1.54) is 5.57 Å². The third-order valence-corrected chi connectivity index (χ3v) is 19.0. The summed E-state index contributed by atoms with van der Waals surface area (Å²) in [7, 11) is 3.55. The number of carbonyl (C=O) groups is 2. The fourth-order valence-corrected chi connectivity index (χ4v) is 15.1. The van der Waals surface area contributed by atoms with Crippen LogP contribution in [0.3, 0.4) is 0 Å². The van der Waals surface area contributed by atoms with Gasteiger partial charge < -0.3 is 48.7 Å². The van der Waals surface area contributed by atoms with Gasteiger partial charge in [0.1, 0.15) is 23.4 Å². The Labute approximate surface area is 361 Å². The van der Waals surface area contributed by atoms with E-state index in [1.54, 1.807) is 45.9 Å². The number of fused-ring (bicyclic) bond motifs is 6. The molecule has 0 aromatic carbocycles. The average Bonchev–Trinajstić information content (AvgIpc) is 3.97. The van der Waals surface area contributed by atoms with E-state index >= 15 is 0 Å². The van der Waals surface area contributed by atoms with Gasteiger partial charge in [0.25, 0.3) is 0 Å². The number of thioether (sulfide) groups is 1. The molecule has 0 bridgehead atoms. The molecule has 21 atom stereocenters. The topological polar surface area (TPSA) is 161 Å². The van der Waals surface area contributed by atoms with Crippen LogP contribution in [-0.2, 0) is 42.7 Å². The molecule has 0 aromatic heterocycles. The summed E-state index contributed by atoms with van der Waals surface area (Å²) >= 11 is 1.64. The van der Waals surface area contributed by atoms with Crippen LogP contribution in [0.15, 0.2) is 23.3 Å². The molecule has 0 amide bonds. The average molecular weight is 860 g/mol. The van der Waals surface area contributed by atoms with E-state index < -0.39 is 29.5 Å². The second kappa shape index (κ2) is 17.2. The summed E-state index contributed by atoms with van der Waals surface area (Å²) in [6.07, 6.45) is 9.49. The summed E-state index contributed by atoms with van der Waals surface area (Å²) in [5.74, 6) is -0.476. The fourth-order valence-electron chi connectivity index (χ4n) is 13.5. The van der Waals surface area contributed by atoms with E-state index in [0.29, 0.717) is 31.3 Å². The van der Waals surface area contributed by atoms with Crippen molar-refractivity contribution in [3.8, 4) is 0 Å². The molecule has 4 heterocycles. The predicted octanol–water partition coefficient (Wildman–Crippen LogP) is 6.04. The van der Waals surface area contributed by atoms with E-state index in [0.717, 1.165) is 38.5 Å². The van der Waals surface area contributed by atoms with Crippen LogP contribution < -0.4 is 5.32 Å². The summed E-state index contributed by atoms with van der Waals surface area (Å²) in [5.41, 5.74) is -0.596. The van der Waals surface area contributed by atoms with Crippen molar-refractivity contribution >= 4 is 23.5 Å². The van der Waals surface area contributed by atoms with Crippen LogP contribution in [-0.4, -0.2) is 126 Å². The molecule has 4 aliphatic carbocycles. The highest BCUT2D eigenvalue weighted by molar-refractivity contribution is 8.00. The highest BCUT2D eigenvalue weighted by Gasteiger charge is 2.71. The van der Waals surface area contributed by atoms with Crippen molar-refractivity contribution in [3.05, 3.63) is 23.3 Å². The first-order valence-electron chi connectivity index (χ1n) is 23.0. The van der Waals surface area contributed by atoms with Gasteiger partial charge in [0, 0.05) is 49.9 Å². The zero-order valence-electron chi connectivity index (χ0n) is 37.6. The molecule has 0 spiro atoms. The molecule has 13 heteroatoms. The minimum Gasteiger partial charge on any atom is -0.458 e. The molecule has 4 aliphatic heterocycles. The van der Waals surface area contributed by atoms with Crippen molar-refractivity contribution in [2.45, 2.75) is 209 Å². The first kappa shape index (κ1) is 45.2. The zero-order chi connectivity index (χ0) is 43.1. The zero-order valence-corrected chi connectivity index (χ0v) is 38.4. The molecule has 60 heavy (non-hydrogen) atoms. The van der Waals surface area contributed by atoms with Gasteiger partial charge in [0.2, 0.25) is 0 Å². The smallest absolute Gasteiger partial charge is 0.333 e. The fraction of sp³-hybridized carbons (Fsp3) is 0.872. The first-order valence-corrected chi connectivity index (χ1v) is 23.9. The van der Waals surface area contributed by atoms with Gasteiger partial charge >= 0.3 is 5.97 Å². The first-order chi connectivity index (χ1) is 28.5. The van der Waals surface area contributed by atoms with Crippen LogP contribution in [0.4, 0.5) is 0 Å². The summed E-state index contributed by atoms with van der Waals surface area (Å²) in [4.78, 5) is 26.4. The number of aliphatic hydroxyl groups excluding tert-OH is 1. The van der Waals surface area contributed by atoms with Gasteiger partial charge in [-0.15, -0.1) is 11.8 Å².